The molecule has 0 spiro atoms. The van der Waals surface area contributed by atoms with E-state index in [2.05, 4.69) is 9.72 Å². The number of nitrogens with zero attached hydrogens (tertiary/aromatic N) is 2. The highest BCUT2D eigenvalue weighted by molar-refractivity contribution is 6.35. The molecule has 0 unspecified atom stereocenters. The zero-order valence-corrected chi connectivity index (χ0v) is 8.52. The van der Waals surface area contributed by atoms with Crippen LogP contribution in [0.3, 0.4) is 0 Å². The summed E-state index contributed by atoms with van der Waals surface area (Å²) in [5, 5.41) is 10.2. The highest BCUT2D eigenvalue weighted by atomic mass is 35.5. The van der Waals surface area contributed by atoms with E-state index in [-0.39, 0.29) is 17.2 Å². The van der Waals surface area contributed by atoms with E-state index in [0.717, 1.165) is 12.4 Å². The van der Waals surface area contributed by atoms with Crippen molar-refractivity contribution in [1.29, 1.82) is 0 Å². The van der Waals surface area contributed by atoms with Crippen LogP contribution >= 0.6 is 11.6 Å². The second kappa shape index (κ2) is 4.70. The van der Waals surface area contributed by atoms with E-state index in [4.69, 9.17) is 11.6 Å². The third-order valence-electron chi connectivity index (χ3n) is 1.55. The maximum atomic E-state index is 11.3. The Labute approximate surface area is 90.0 Å². The van der Waals surface area contributed by atoms with Gasteiger partial charge in [0.05, 0.1) is 11.5 Å². The quantitative estimate of drug-likeness (QED) is 0.449. The zero-order chi connectivity index (χ0) is 11.4. The van der Waals surface area contributed by atoms with Gasteiger partial charge < -0.3 is 4.74 Å². The molecule has 0 saturated carbocycles. The Morgan fingerprint density at radius 2 is 2.33 bits per heavy atom. The summed E-state index contributed by atoms with van der Waals surface area (Å²) in [6.07, 6.45) is 2.11. The number of rotatable bonds is 3. The molecule has 0 saturated heterocycles. The Kier molecular flexibility index (Phi) is 3.56. The van der Waals surface area contributed by atoms with Crippen LogP contribution in [0, 0.1) is 10.1 Å². The van der Waals surface area contributed by atoms with Crippen LogP contribution in [0.4, 0.5) is 5.69 Å². The monoisotopic (exact) mass is 230 g/mol. The molecule has 0 radical (unpaired) electrons. The summed E-state index contributed by atoms with van der Waals surface area (Å²) >= 11 is 5.65. The number of esters is 1. The fraction of sp³-hybridized carbons (Fsp3) is 0.250. The average Bonchev–Trinajstić information content (AvgIpc) is 2.17. The number of nitro groups is 1. The maximum absolute atomic E-state index is 11.3. The Balaban J connectivity index is 3.15. The number of ether oxygens (including phenoxy) is 1. The summed E-state index contributed by atoms with van der Waals surface area (Å²) in [5.74, 6) is -0.723. The predicted molar refractivity (Wildman–Crippen MR) is 51.9 cm³/mol. The highest BCUT2D eigenvalue weighted by Gasteiger charge is 2.21. The van der Waals surface area contributed by atoms with E-state index in [1.54, 1.807) is 6.92 Å². The lowest BCUT2D eigenvalue weighted by atomic mass is 10.2. The van der Waals surface area contributed by atoms with Crippen molar-refractivity contribution in [2.75, 3.05) is 6.61 Å². The van der Waals surface area contributed by atoms with Gasteiger partial charge in [-0.3, -0.25) is 15.1 Å². The molecule has 15 heavy (non-hydrogen) atoms. The molecule has 0 atom stereocenters. The van der Waals surface area contributed by atoms with Gasteiger partial charge in [0.25, 0.3) is 0 Å². The van der Waals surface area contributed by atoms with Gasteiger partial charge in [-0.25, -0.2) is 4.79 Å². The van der Waals surface area contributed by atoms with E-state index in [9.17, 15) is 14.9 Å². The summed E-state index contributed by atoms with van der Waals surface area (Å²) in [6, 6.07) is 0. The number of halogens is 1. The Hall–Kier alpha value is -1.69. The number of pyridine rings is 1. The van der Waals surface area contributed by atoms with Crippen molar-refractivity contribution in [3.63, 3.8) is 0 Å². The van der Waals surface area contributed by atoms with Gasteiger partial charge in [-0.15, -0.1) is 0 Å². The summed E-state index contributed by atoms with van der Waals surface area (Å²) in [6.45, 7) is 1.79. The number of carbonyl (C=O) groups is 1. The minimum Gasteiger partial charge on any atom is -0.462 e. The van der Waals surface area contributed by atoms with Crippen molar-refractivity contribution in [3.8, 4) is 0 Å². The summed E-state index contributed by atoms with van der Waals surface area (Å²) < 4.78 is 4.66. The highest BCUT2D eigenvalue weighted by Crippen LogP contribution is 2.26. The second-order valence-electron chi connectivity index (χ2n) is 2.50. The van der Waals surface area contributed by atoms with Crippen LogP contribution < -0.4 is 0 Å². The Bertz CT molecular complexity index is 408. The first kappa shape index (κ1) is 11.4. The molecular weight excluding hydrogens is 224 g/mol. The van der Waals surface area contributed by atoms with E-state index >= 15 is 0 Å². The standard InChI is InChI=1S/C8H7ClN2O4/c1-2-15-8(12)5-3-10-4-6(7(5)9)11(13)14/h3-4H,2H2,1H3. The van der Waals surface area contributed by atoms with Crippen molar-refractivity contribution >= 4 is 23.3 Å². The Morgan fingerprint density at radius 1 is 1.67 bits per heavy atom. The SMILES string of the molecule is CCOC(=O)c1cncc([N+](=O)[O-])c1Cl. The molecule has 1 rings (SSSR count). The van der Waals surface area contributed by atoms with Gasteiger partial charge in [-0.1, -0.05) is 11.6 Å². The minimum absolute atomic E-state index is 0.104. The van der Waals surface area contributed by atoms with Gasteiger partial charge in [0.15, 0.2) is 0 Å². The largest absolute Gasteiger partial charge is 0.462 e. The van der Waals surface area contributed by atoms with Crippen LogP contribution in [0.25, 0.3) is 0 Å². The van der Waals surface area contributed by atoms with Crippen LogP contribution in [-0.4, -0.2) is 22.5 Å². The first-order valence-electron chi connectivity index (χ1n) is 4.03. The molecule has 80 valence electrons. The van der Waals surface area contributed by atoms with Gasteiger partial charge in [0.2, 0.25) is 0 Å². The third-order valence-corrected chi connectivity index (χ3v) is 1.95. The lowest BCUT2D eigenvalue weighted by molar-refractivity contribution is -0.385. The van der Waals surface area contributed by atoms with E-state index in [1.807, 2.05) is 0 Å². The van der Waals surface area contributed by atoms with E-state index in [0.29, 0.717) is 0 Å². The fourth-order valence-electron chi connectivity index (χ4n) is 0.912. The van der Waals surface area contributed by atoms with Gasteiger partial charge in [0, 0.05) is 6.20 Å². The minimum atomic E-state index is -0.723. The smallest absolute Gasteiger partial charge is 0.341 e. The normalized spacial score (nSPS) is 9.73. The second-order valence-corrected chi connectivity index (χ2v) is 2.88. The van der Waals surface area contributed by atoms with Gasteiger partial charge in [0.1, 0.15) is 16.8 Å². The van der Waals surface area contributed by atoms with E-state index in [1.165, 1.54) is 0 Å². The van der Waals surface area contributed by atoms with Gasteiger partial charge >= 0.3 is 11.7 Å². The van der Waals surface area contributed by atoms with Gasteiger partial charge in [-0.2, -0.15) is 0 Å². The zero-order valence-electron chi connectivity index (χ0n) is 7.77. The van der Waals surface area contributed by atoms with Crippen molar-refractivity contribution in [2.24, 2.45) is 0 Å². The molecule has 0 aromatic carbocycles. The topological polar surface area (TPSA) is 82.3 Å². The van der Waals surface area contributed by atoms with Crippen molar-refractivity contribution in [3.05, 3.63) is 33.1 Å². The summed E-state index contributed by atoms with van der Waals surface area (Å²) in [4.78, 5) is 24.6. The Morgan fingerprint density at radius 3 is 2.87 bits per heavy atom. The number of hydrogen-bond acceptors (Lipinski definition) is 5. The first-order valence-corrected chi connectivity index (χ1v) is 4.40. The average molecular weight is 231 g/mol. The molecule has 0 aliphatic heterocycles. The molecule has 0 N–H and O–H groups in total. The molecule has 0 bridgehead atoms. The molecule has 0 aliphatic carbocycles. The molecule has 7 heteroatoms. The molecule has 1 aromatic rings. The summed E-state index contributed by atoms with van der Waals surface area (Å²) in [7, 11) is 0. The van der Waals surface area contributed by atoms with Crippen molar-refractivity contribution < 1.29 is 14.5 Å². The lowest BCUT2D eigenvalue weighted by Gasteiger charge is -2.02. The third kappa shape index (κ3) is 2.41. The van der Waals surface area contributed by atoms with Crippen molar-refractivity contribution in [1.82, 2.24) is 4.98 Å². The number of hydrogen-bond donors (Lipinski definition) is 0. The summed E-state index contributed by atoms with van der Waals surface area (Å²) in [5.41, 5.74) is -0.519. The molecule has 1 aromatic heterocycles. The molecule has 1 heterocycles. The fourth-order valence-corrected chi connectivity index (χ4v) is 1.16. The predicted octanol–water partition coefficient (Wildman–Crippen LogP) is 1.82. The molecule has 0 fully saturated rings. The van der Waals surface area contributed by atoms with Crippen LogP contribution in [0.15, 0.2) is 12.4 Å². The molecule has 0 amide bonds. The molecular formula is C8H7ClN2O4. The molecule has 6 nitrogen and oxygen atoms in total. The van der Waals surface area contributed by atoms with E-state index < -0.39 is 16.6 Å². The van der Waals surface area contributed by atoms with Crippen LogP contribution in [0.1, 0.15) is 17.3 Å². The van der Waals surface area contributed by atoms with Gasteiger partial charge in [-0.05, 0) is 6.92 Å². The number of carbonyl (C=O) groups excluding carboxylic acids is 1. The van der Waals surface area contributed by atoms with Crippen LogP contribution in [0.5, 0.6) is 0 Å². The number of aromatic nitrogens is 1. The van der Waals surface area contributed by atoms with Crippen LogP contribution in [-0.2, 0) is 4.74 Å². The van der Waals surface area contributed by atoms with Crippen LogP contribution in [0.2, 0.25) is 5.02 Å². The first-order chi connectivity index (χ1) is 7.07. The van der Waals surface area contributed by atoms with Crippen molar-refractivity contribution in [2.45, 2.75) is 6.92 Å². The molecule has 0 aliphatic rings. The maximum Gasteiger partial charge on any atom is 0.341 e. The lowest BCUT2D eigenvalue weighted by Crippen LogP contribution is -2.07.